The van der Waals surface area contributed by atoms with E-state index in [-0.39, 0.29) is 0 Å². The Balaban J connectivity index is 2.08. The van der Waals surface area contributed by atoms with E-state index in [4.69, 9.17) is 0 Å². The molecule has 0 saturated heterocycles. The van der Waals surface area contributed by atoms with Crippen LogP contribution >= 0.6 is 0 Å². The zero-order valence-electron chi connectivity index (χ0n) is 9.41. The van der Waals surface area contributed by atoms with Crippen molar-refractivity contribution < 1.29 is 5.11 Å². The van der Waals surface area contributed by atoms with Gasteiger partial charge in [-0.15, -0.1) is 5.10 Å². The Hall–Kier alpha value is -1.69. The van der Waals surface area contributed by atoms with Crippen LogP contribution in [0, 0.1) is 0 Å². The highest BCUT2D eigenvalue weighted by Crippen LogP contribution is 2.12. The van der Waals surface area contributed by atoms with E-state index < -0.39 is 6.10 Å². The maximum atomic E-state index is 9.58. The molecule has 2 heterocycles. The lowest BCUT2D eigenvalue weighted by molar-refractivity contribution is 0.168. The number of nitrogens with zero attached hydrogens (tertiary/aromatic N) is 5. The van der Waals surface area contributed by atoms with Crippen LogP contribution in [0.1, 0.15) is 30.8 Å². The molecular weight excluding hydrogens is 206 g/mol. The van der Waals surface area contributed by atoms with Crippen LogP contribution in [0.25, 0.3) is 0 Å². The third-order valence-electron chi connectivity index (χ3n) is 2.38. The fourth-order valence-electron chi connectivity index (χ4n) is 1.47. The Morgan fingerprint density at radius 2 is 2.31 bits per heavy atom. The first-order chi connectivity index (χ1) is 7.69. The Morgan fingerprint density at radius 1 is 1.50 bits per heavy atom. The standard InChI is InChI=1S/C10H15N5O/c1-3-10(16)9-7-15(13-11-9)6-8-4-5-14(2)12-8/h4-5,7,10,16H,3,6H2,1-2H3. The first kappa shape index (κ1) is 10.8. The van der Waals surface area contributed by atoms with Crippen LogP contribution in [0.3, 0.4) is 0 Å². The van der Waals surface area contributed by atoms with Gasteiger partial charge >= 0.3 is 0 Å². The molecule has 0 aromatic carbocycles. The van der Waals surface area contributed by atoms with Gasteiger partial charge in [-0.05, 0) is 12.5 Å². The van der Waals surface area contributed by atoms with E-state index >= 15 is 0 Å². The van der Waals surface area contributed by atoms with Crippen LogP contribution in [0.2, 0.25) is 0 Å². The quantitative estimate of drug-likeness (QED) is 0.816. The van der Waals surface area contributed by atoms with Gasteiger partial charge in [-0.2, -0.15) is 5.10 Å². The van der Waals surface area contributed by atoms with Gasteiger partial charge in [0, 0.05) is 13.2 Å². The molecule has 2 rings (SSSR count). The van der Waals surface area contributed by atoms with E-state index in [1.165, 1.54) is 0 Å². The molecule has 0 spiro atoms. The van der Waals surface area contributed by atoms with E-state index in [1.54, 1.807) is 15.6 Å². The van der Waals surface area contributed by atoms with E-state index in [2.05, 4.69) is 15.4 Å². The van der Waals surface area contributed by atoms with Gasteiger partial charge in [0.1, 0.15) is 5.69 Å². The summed E-state index contributed by atoms with van der Waals surface area (Å²) in [6.45, 7) is 2.48. The lowest BCUT2D eigenvalue weighted by Crippen LogP contribution is -2.02. The highest BCUT2D eigenvalue weighted by Gasteiger charge is 2.10. The average Bonchev–Trinajstić information content (AvgIpc) is 2.87. The number of aliphatic hydroxyl groups is 1. The fourth-order valence-corrected chi connectivity index (χ4v) is 1.47. The molecule has 6 heteroatoms. The molecular formula is C10H15N5O. The Kier molecular flexibility index (Phi) is 3.00. The van der Waals surface area contributed by atoms with Gasteiger partial charge in [0.15, 0.2) is 0 Å². The second-order valence-electron chi connectivity index (χ2n) is 3.75. The minimum Gasteiger partial charge on any atom is -0.387 e. The lowest BCUT2D eigenvalue weighted by Gasteiger charge is -2.00. The van der Waals surface area contributed by atoms with Crippen molar-refractivity contribution in [2.45, 2.75) is 26.0 Å². The van der Waals surface area contributed by atoms with Crippen molar-refractivity contribution in [2.75, 3.05) is 0 Å². The number of rotatable bonds is 4. The Morgan fingerprint density at radius 3 is 2.94 bits per heavy atom. The van der Waals surface area contributed by atoms with Crippen LogP contribution in [0.15, 0.2) is 18.5 Å². The molecule has 2 aromatic rings. The van der Waals surface area contributed by atoms with Crippen LogP contribution in [-0.2, 0) is 13.6 Å². The first-order valence-corrected chi connectivity index (χ1v) is 5.25. The summed E-state index contributed by atoms with van der Waals surface area (Å²) in [5, 5.41) is 21.7. The predicted molar refractivity (Wildman–Crippen MR) is 57.6 cm³/mol. The number of hydrogen-bond acceptors (Lipinski definition) is 4. The second-order valence-corrected chi connectivity index (χ2v) is 3.75. The summed E-state index contributed by atoms with van der Waals surface area (Å²) in [6.07, 6.45) is 3.75. The highest BCUT2D eigenvalue weighted by molar-refractivity contribution is 5.02. The van der Waals surface area contributed by atoms with Crippen molar-refractivity contribution in [1.82, 2.24) is 24.8 Å². The molecule has 0 aliphatic carbocycles. The van der Waals surface area contributed by atoms with Gasteiger partial charge in [0.25, 0.3) is 0 Å². The Labute approximate surface area is 93.5 Å². The van der Waals surface area contributed by atoms with Gasteiger partial charge < -0.3 is 5.11 Å². The summed E-state index contributed by atoms with van der Waals surface area (Å²) in [7, 11) is 1.87. The third kappa shape index (κ3) is 2.27. The molecule has 2 aromatic heterocycles. The van der Waals surface area contributed by atoms with Gasteiger partial charge in [0.05, 0.1) is 24.5 Å². The van der Waals surface area contributed by atoms with Crippen molar-refractivity contribution in [1.29, 1.82) is 0 Å². The minimum absolute atomic E-state index is 0.530. The van der Waals surface area contributed by atoms with Crippen molar-refractivity contribution in [3.63, 3.8) is 0 Å². The second kappa shape index (κ2) is 4.44. The van der Waals surface area contributed by atoms with Gasteiger partial charge in [0.2, 0.25) is 0 Å². The molecule has 6 nitrogen and oxygen atoms in total. The topological polar surface area (TPSA) is 68.8 Å². The molecule has 16 heavy (non-hydrogen) atoms. The summed E-state index contributed by atoms with van der Waals surface area (Å²) < 4.78 is 3.42. The maximum Gasteiger partial charge on any atom is 0.111 e. The van der Waals surface area contributed by atoms with Crippen LogP contribution in [0.4, 0.5) is 0 Å². The maximum absolute atomic E-state index is 9.58. The minimum atomic E-state index is -0.530. The average molecular weight is 221 g/mol. The molecule has 0 aliphatic rings. The molecule has 1 atom stereocenters. The summed E-state index contributed by atoms with van der Waals surface area (Å²) >= 11 is 0. The van der Waals surface area contributed by atoms with Crippen molar-refractivity contribution in [3.05, 3.63) is 29.8 Å². The molecule has 1 unspecified atom stereocenters. The molecule has 86 valence electrons. The molecule has 0 fully saturated rings. The van der Waals surface area contributed by atoms with Crippen molar-refractivity contribution >= 4 is 0 Å². The molecule has 0 saturated carbocycles. The van der Waals surface area contributed by atoms with Crippen molar-refractivity contribution in [2.24, 2.45) is 7.05 Å². The summed E-state index contributed by atoms with van der Waals surface area (Å²) in [4.78, 5) is 0. The van der Waals surface area contributed by atoms with Gasteiger partial charge in [-0.25, -0.2) is 4.68 Å². The molecule has 0 amide bonds. The first-order valence-electron chi connectivity index (χ1n) is 5.25. The monoisotopic (exact) mass is 221 g/mol. The number of aryl methyl sites for hydroxylation is 1. The summed E-state index contributed by atoms with van der Waals surface area (Å²) in [5.74, 6) is 0. The summed E-state index contributed by atoms with van der Waals surface area (Å²) in [5.41, 5.74) is 1.53. The zero-order chi connectivity index (χ0) is 11.5. The normalized spacial score (nSPS) is 12.9. The van der Waals surface area contributed by atoms with E-state index in [1.807, 2.05) is 26.2 Å². The van der Waals surface area contributed by atoms with E-state index in [9.17, 15) is 5.11 Å². The van der Waals surface area contributed by atoms with Gasteiger partial charge in [-0.3, -0.25) is 4.68 Å². The van der Waals surface area contributed by atoms with Crippen molar-refractivity contribution in [3.8, 4) is 0 Å². The lowest BCUT2D eigenvalue weighted by atomic mass is 10.2. The van der Waals surface area contributed by atoms with E-state index in [0.29, 0.717) is 18.7 Å². The Bertz CT molecular complexity index is 461. The smallest absolute Gasteiger partial charge is 0.111 e. The molecule has 0 bridgehead atoms. The predicted octanol–water partition coefficient (Wildman–Crippen LogP) is 0.503. The fraction of sp³-hybridized carbons (Fsp3) is 0.500. The number of hydrogen-bond donors (Lipinski definition) is 1. The molecule has 1 N–H and O–H groups in total. The van der Waals surface area contributed by atoms with Crippen LogP contribution in [0.5, 0.6) is 0 Å². The third-order valence-corrected chi connectivity index (χ3v) is 2.38. The SMILES string of the molecule is CCC(O)c1cn(Cc2ccn(C)n2)nn1. The molecule has 0 aliphatic heterocycles. The number of aliphatic hydroxyl groups excluding tert-OH is 1. The molecule has 0 radical (unpaired) electrons. The highest BCUT2D eigenvalue weighted by atomic mass is 16.3. The number of aromatic nitrogens is 5. The van der Waals surface area contributed by atoms with E-state index in [0.717, 1.165) is 5.69 Å². The van der Waals surface area contributed by atoms with Gasteiger partial charge in [-0.1, -0.05) is 12.1 Å². The van der Waals surface area contributed by atoms with Crippen LogP contribution in [-0.4, -0.2) is 29.9 Å². The van der Waals surface area contributed by atoms with Crippen LogP contribution < -0.4 is 0 Å². The summed E-state index contributed by atoms with van der Waals surface area (Å²) in [6, 6.07) is 1.93. The zero-order valence-corrected chi connectivity index (χ0v) is 9.41. The largest absolute Gasteiger partial charge is 0.387 e.